The molecule has 1 atom stereocenters. The number of nitrogens with zero attached hydrogens (tertiary/aromatic N) is 2. The van der Waals surface area contributed by atoms with Gasteiger partial charge in [0.15, 0.2) is 0 Å². The number of Topliss-reactive ketones (excluding diaryl/α,β-unsaturated/α-hetero) is 1. The van der Waals surface area contributed by atoms with Crippen LogP contribution in [0.25, 0.3) is 16.5 Å². The molecule has 1 aliphatic rings. The lowest BCUT2D eigenvalue weighted by atomic mass is 9.84. The molecule has 1 unspecified atom stereocenters. The van der Waals surface area contributed by atoms with E-state index in [1.807, 2.05) is 55.5 Å². The number of amides is 1. The Bertz CT molecular complexity index is 1560. The molecule has 4 aromatic rings. The van der Waals surface area contributed by atoms with Crippen molar-refractivity contribution in [3.63, 3.8) is 0 Å². The van der Waals surface area contributed by atoms with Crippen LogP contribution in [-0.4, -0.2) is 28.4 Å². The summed E-state index contributed by atoms with van der Waals surface area (Å²) < 4.78 is 5.83. The summed E-state index contributed by atoms with van der Waals surface area (Å²) in [6, 6.07) is 23.1. The summed E-state index contributed by atoms with van der Waals surface area (Å²) in [5.74, 6) is -0.984. The quantitative estimate of drug-likeness (QED) is 0.188. The summed E-state index contributed by atoms with van der Waals surface area (Å²) in [7, 11) is 0. The average molecular weight is 507 g/mol. The van der Waals surface area contributed by atoms with Gasteiger partial charge in [-0.05, 0) is 54.1 Å². The highest BCUT2D eigenvalue weighted by Gasteiger charge is 2.48. The molecule has 2 heterocycles. The van der Waals surface area contributed by atoms with Gasteiger partial charge in [0.1, 0.15) is 17.6 Å². The smallest absolute Gasteiger partial charge is 0.300 e. The number of aliphatic hydroxyl groups excluding tert-OH is 1. The zero-order valence-corrected chi connectivity index (χ0v) is 21.9. The molecule has 0 radical (unpaired) electrons. The number of ether oxygens (including phenoxy) is 1. The number of hydrogen-bond donors (Lipinski definition) is 1. The average Bonchev–Trinajstić information content (AvgIpc) is 3.18. The molecule has 192 valence electrons. The van der Waals surface area contributed by atoms with Gasteiger partial charge in [0, 0.05) is 22.7 Å². The molecule has 1 amide bonds. The molecular formula is C32H30N2O4. The van der Waals surface area contributed by atoms with Crippen LogP contribution < -0.4 is 9.64 Å². The Morgan fingerprint density at radius 1 is 0.974 bits per heavy atom. The Labute approximate surface area is 222 Å². The first-order valence-corrected chi connectivity index (χ1v) is 12.7. The molecule has 6 nitrogen and oxygen atoms in total. The maximum Gasteiger partial charge on any atom is 0.300 e. The van der Waals surface area contributed by atoms with Gasteiger partial charge in [-0.15, -0.1) is 0 Å². The number of carbonyl (C=O) groups excluding carboxylic acids is 2. The fraction of sp³-hybridized carbons (Fsp3) is 0.219. The number of pyridine rings is 1. The van der Waals surface area contributed by atoms with Crippen LogP contribution in [0, 0.1) is 0 Å². The summed E-state index contributed by atoms with van der Waals surface area (Å²) in [4.78, 5) is 33.2. The number of ketones is 1. The van der Waals surface area contributed by atoms with Gasteiger partial charge in [-0.2, -0.15) is 0 Å². The van der Waals surface area contributed by atoms with Crippen molar-refractivity contribution in [2.45, 2.75) is 39.2 Å². The maximum atomic E-state index is 13.6. The predicted octanol–water partition coefficient (Wildman–Crippen LogP) is 6.56. The molecule has 0 saturated carbocycles. The lowest BCUT2D eigenvalue weighted by molar-refractivity contribution is -0.132. The third-order valence-electron chi connectivity index (χ3n) is 6.80. The first-order chi connectivity index (χ1) is 18.2. The maximum absolute atomic E-state index is 13.6. The molecule has 6 heteroatoms. The molecule has 5 rings (SSSR count). The Balaban J connectivity index is 1.75. The lowest BCUT2D eigenvalue weighted by Crippen LogP contribution is -2.30. The molecule has 0 bridgehead atoms. The second kappa shape index (κ2) is 9.78. The Hall–Kier alpha value is -4.45. The largest absolute Gasteiger partial charge is 0.507 e. The van der Waals surface area contributed by atoms with Crippen molar-refractivity contribution in [3.05, 3.63) is 107 Å². The fourth-order valence-corrected chi connectivity index (χ4v) is 5.02. The van der Waals surface area contributed by atoms with Crippen molar-refractivity contribution in [1.29, 1.82) is 0 Å². The normalized spacial score (nSPS) is 17.3. The van der Waals surface area contributed by atoms with E-state index in [-0.39, 0.29) is 16.7 Å². The van der Waals surface area contributed by atoms with Gasteiger partial charge < -0.3 is 9.84 Å². The SMILES string of the molecule is CCOc1ccc(/C(O)=C2\C(=O)C(=O)N(c3cccc4ccccc34)C2c2ccccn2)cc1C(C)(C)C. The van der Waals surface area contributed by atoms with Gasteiger partial charge in [-0.25, -0.2) is 0 Å². The number of aliphatic hydroxyl groups is 1. The van der Waals surface area contributed by atoms with E-state index in [2.05, 4.69) is 25.8 Å². The minimum absolute atomic E-state index is 0.00523. The summed E-state index contributed by atoms with van der Waals surface area (Å²) in [5.41, 5.74) is 2.13. The highest BCUT2D eigenvalue weighted by Crippen LogP contribution is 2.44. The number of carbonyl (C=O) groups is 2. The monoisotopic (exact) mass is 506 g/mol. The fourth-order valence-electron chi connectivity index (χ4n) is 5.02. The van der Waals surface area contributed by atoms with Gasteiger partial charge in [-0.3, -0.25) is 19.5 Å². The Morgan fingerprint density at radius 3 is 2.42 bits per heavy atom. The topological polar surface area (TPSA) is 79.7 Å². The molecule has 1 aliphatic heterocycles. The highest BCUT2D eigenvalue weighted by atomic mass is 16.5. The predicted molar refractivity (Wildman–Crippen MR) is 149 cm³/mol. The summed E-state index contributed by atoms with van der Waals surface area (Å²) in [5, 5.41) is 13.4. The van der Waals surface area contributed by atoms with Crippen LogP contribution in [0.5, 0.6) is 5.75 Å². The van der Waals surface area contributed by atoms with E-state index < -0.39 is 17.7 Å². The number of benzene rings is 3. The van der Waals surface area contributed by atoms with Crippen molar-refractivity contribution in [2.75, 3.05) is 11.5 Å². The number of aromatic nitrogens is 1. The van der Waals surface area contributed by atoms with E-state index in [4.69, 9.17) is 4.74 Å². The first-order valence-electron chi connectivity index (χ1n) is 12.7. The van der Waals surface area contributed by atoms with Gasteiger partial charge >= 0.3 is 0 Å². The standard InChI is InChI=1S/C32H30N2O4/c1-5-38-26-17-16-21(19-23(26)32(2,3)4)29(35)27-28(24-14-8-9-18-33-24)34(31(37)30(27)36)25-15-10-12-20-11-6-7-13-22(20)25/h6-19,28,35H,5H2,1-4H3/b29-27+. The molecule has 0 aliphatic carbocycles. The number of rotatable bonds is 5. The molecule has 3 aromatic carbocycles. The molecule has 1 N–H and O–H groups in total. The van der Waals surface area contributed by atoms with E-state index in [1.165, 1.54) is 4.90 Å². The van der Waals surface area contributed by atoms with Gasteiger partial charge in [0.05, 0.1) is 23.6 Å². The van der Waals surface area contributed by atoms with Crippen molar-refractivity contribution >= 4 is 33.9 Å². The van der Waals surface area contributed by atoms with Crippen LogP contribution in [0.1, 0.15) is 50.6 Å². The van der Waals surface area contributed by atoms with Gasteiger partial charge in [-0.1, -0.05) is 63.2 Å². The second-order valence-corrected chi connectivity index (χ2v) is 10.3. The Kier molecular flexibility index (Phi) is 6.49. The minimum atomic E-state index is -0.897. The van der Waals surface area contributed by atoms with Gasteiger partial charge in [0.25, 0.3) is 11.7 Å². The number of fused-ring (bicyclic) bond motifs is 1. The molecule has 38 heavy (non-hydrogen) atoms. The van der Waals surface area contributed by atoms with Crippen LogP contribution in [0.4, 0.5) is 5.69 Å². The van der Waals surface area contributed by atoms with E-state index in [9.17, 15) is 14.7 Å². The molecule has 0 spiro atoms. The van der Waals surface area contributed by atoms with Crippen LogP contribution in [-0.2, 0) is 15.0 Å². The lowest BCUT2D eigenvalue weighted by Gasteiger charge is -2.26. The van der Waals surface area contributed by atoms with Crippen LogP contribution >= 0.6 is 0 Å². The van der Waals surface area contributed by atoms with Crippen molar-refractivity contribution in [2.24, 2.45) is 0 Å². The van der Waals surface area contributed by atoms with E-state index >= 15 is 0 Å². The molecule has 1 saturated heterocycles. The zero-order valence-electron chi connectivity index (χ0n) is 21.9. The van der Waals surface area contributed by atoms with Gasteiger partial charge in [0.2, 0.25) is 0 Å². The van der Waals surface area contributed by atoms with E-state index in [1.54, 1.807) is 36.5 Å². The second-order valence-electron chi connectivity index (χ2n) is 10.3. The third kappa shape index (κ3) is 4.32. The Morgan fingerprint density at radius 2 is 1.71 bits per heavy atom. The first kappa shape index (κ1) is 25.2. The summed E-state index contributed by atoms with van der Waals surface area (Å²) in [6.45, 7) is 8.60. The van der Waals surface area contributed by atoms with E-state index in [0.29, 0.717) is 29.3 Å². The number of anilines is 1. The van der Waals surface area contributed by atoms with E-state index in [0.717, 1.165) is 16.3 Å². The highest BCUT2D eigenvalue weighted by molar-refractivity contribution is 6.52. The molecule has 1 aromatic heterocycles. The van der Waals surface area contributed by atoms with Crippen molar-refractivity contribution < 1.29 is 19.4 Å². The summed E-state index contributed by atoms with van der Waals surface area (Å²) >= 11 is 0. The summed E-state index contributed by atoms with van der Waals surface area (Å²) in [6.07, 6.45) is 1.62. The van der Waals surface area contributed by atoms with Crippen LogP contribution in [0.3, 0.4) is 0 Å². The molecule has 1 fully saturated rings. The van der Waals surface area contributed by atoms with Crippen LogP contribution in [0.2, 0.25) is 0 Å². The van der Waals surface area contributed by atoms with Crippen molar-refractivity contribution in [1.82, 2.24) is 4.98 Å². The minimum Gasteiger partial charge on any atom is -0.507 e. The third-order valence-corrected chi connectivity index (χ3v) is 6.80. The zero-order chi connectivity index (χ0) is 27.0. The van der Waals surface area contributed by atoms with Crippen LogP contribution in [0.15, 0.2) is 90.6 Å². The number of hydrogen-bond acceptors (Lipinski definition) is 5. The van der Waals surface area contributed by atoms with Crippen molar-refractivity contribution in [3.8, 4) is 5.75 Å². The molecular weight excluding hydrogens is 476 g/mol.